The SMILES string of the molecule is CCn1ccnc1C(NN)c1cc(Br)cs1. The van der Waals surface area contributed by atoms with Gasteiger partial charge in [0.25, 0.3) is 0 Å². The Bertz CT molecular complexity index is 465. The van der Waals surface area contributed by atoms with E-state index in [0.29, 0.717) is 0 Å². The second-order valence-corrected chi connectivity index (χ2v) is 5.20. The second kappa shape index (κ2) is 5.09. The molecule has 0 aromatic carbocycles. The number of thiophene rings is 1. The van der Waals surface area contributed by atoms with Gasteiger partial charge in [0, 0.05) is 33.7 Å². The van der Waals surface area contributed by atoms with Crippen LogP contribution in [0, 0.1) is 0 Å². The summed E-state index contributed by atoms with van der Waals surface area (Å²) in [6.07, 6.45) is 3.76. The third kappa shape index (κ3) is 2.20. The van der Waals surface area contributed by atoms with Crippen LogP contribution in [0.2, 0.25) is 0 Å². The molecule has 2 heterocycles. The van der Waals surface area contributed by atoms with E-state index >= 15 is 0 Å². The Morgan fingerprint density at radius 1 is 1.69 bits per heavy atom. The molecule has 0 aliphatic carbocycles. The van der Waals surface area contributed by atoms with E-state index < -0.39 is 0 Å². The van der Waals surface area contributed by atoms with E-state index in [4.69, 9.17) is 5.84 Å². The summed E-state index contributed by atoms with van der Waals surface area (Å²) in [6, 6.07) is 2.01. The molecule has 2 aromatic heterocycles. The minimum absolute atomic E-state index is 0.0498. The highest BCUT2D eigenvalue weighted by atomic mass is 79.9. The van der Waals surface area contributed by atoms with Crippen LogP contribution in [-0.2, 0) is 6.54 Å². The van der Waals surface area contributed by atoms with Crippen molar-refractivity contribution in [3.63, 3.8) is 0 Å². The summed E-state index contributed by atoms with van der Waals surface area (Å²) in [5, 5.41) is 2.04. The Morgan fingerprint density at radius 3 is 3.06 bits per heavy atom. The van der Waals surface area contributed by atoms with Gasteiger partial charge in [0.05, 0.1) is 0 Å². The first-order chi connectivity index (χ1) is 7.76. The normalized spacial score (nSPS) is 12.9. The van der Waals surface area contributed by atoms with Gasteiger partial charge in [-0.25, -0.2) is 10.4 Å². The van der Waals surface area contributed by atoms with E-state index in [1.807, 2.05) is 11.6 Å². The number of halogens is 1. The average Bonchev–Trinajstić information content (AvgIpc) is 2.89. The summed E-state index contributed by atoms with van der Waals surface area (Å²) in [6.45, 7) is 2.98. The number of aryl methyl sites for hydroxylation is 1. The molecule has 0 saturated heterocycles. The molecule has 2 rings (SSSR count). The first kappa shape index (κ1) is 11.8. The molecule has 0 aliphatic rings. The average molecular weight is 301 g/mol. The van der Waals surface area contributed by atoms with E-state index in [0.717, 1.165) is 21.7 Å². The topological polar surface area (TPSA) is 55.9 Å². The van der Waals surface area contributed by atoms with Gasteiger partial charge in [0.1, 0.15) is 11.9 Å². The molecular formula is C10H13BrN4S. The van der Waals surface area contributed by atoms with E-state index in [2.05, 4.69) is 43.9 Å². The van der Waals surface area contributed by atoms with Crippen molar-refractivity contribution in [2.24, 2.45) is 5.84 Å². The van der Waals surface area contributed by atoms with E-state index in [9.17, 15) is 0 Å². The van der Waals surface area contributed by atoms with Gasteiger partial charge in [-0.3, -0.25) is 5.84 Å². The summed E-state index contributed by atoms with van der Waals surface area (Å²) in [4.78, 5) is 5.50. The first-order valence-electron chi connectivity index (χ1n) is 4.97. The Hall–Kier alpha value is -0.690. The molecule has 16 heavy (non-hydrogen) atoms. The maximum Gasteiger partial charge on any atom is 0.132 e. The van der Waals surface area contributed by atoms with Gasteiger partial charge in [-0.05, 0) is 28.9 Å². The predicted octanol–water partition coefficient (Wildman–Crippen LogP) is 2.28. The maximum absolute atomic E-state index is 5.62. The number of nitrogens with two attached hydrogens (primary N) is 1. The maximum atomic E-state index is 5.62. The number of imidazole rings is 1. The fraction of sp³-hybridized carbons (Fsp3) is 0.300. The lowest BCUT2D eigenvalue weighted by Crippen LogP contribution is -2.30. The lowest BCUT2D eigenvalue weighted by Gasteiger charge is -2.15. The van der Waals surface area contributed by atoms with Crippen LogP contribution in [-0.4, -0.2) is 9.55 Å². The smallest absolute Gasteiger partial charge is 0.132 e. The second-order valence-electron chi connectivity index (χ2n) is 3.34. The van der Waals surface area contributed by atoms with Crippen LogP contribution in [0.1, 0.15) is 23.7 Å². The van der Waals surface area contributed by atoms with Gasteiger partial charge in [-0.1, -0.05) is 0 Å². The molecule has 0 spiro atoms. The van der Waals surface area contributed by atoms with Crippen LogP contribution in [0.4, 0.5) is 0 Å². The molecule has 2 aromatic rings. The number of hydrogen-bond donors (Lipinski definition) is 2. The van der Waals surface area contributed by atoms with Crippen molar-refractivity contribution in [2.75, 3.05) is 0 Å². The number of hydrogen-bond acceptors (Lipinski definition) is 4. The molecule has 86 valence electrons. The molecule has 0 saturated carbocycles. The Kier molecular flexibility index (Phi) is 3.75. The largest absolute Gasteiger partial charge is 0.334 e. The van der Waals surface area contributed by atoms with Crippen LogP contribution in [0.5, 0.6) is 0 Å². The van der Waals surface area contributed by atoms with Crippen molar-refractivity contribution >= 4 is 27.3 Å². The van der Waals surface area contributed by atoms with Gasteiger partial charge < -0.3 is 4.57 Å². The number of nitrogens with one attached hydrogen (secondary N) is 1. The standard InChI is InChI=1S/C10H13BrN4S/c1-2-15-4-3-13-10(15)9(14-12)8-5-7(11)6-16-8/h3-6,9,14H,2,12H2,1H3. The van der Waals surface area contributed by atoms with Gasteiger partial charge in [-0.15, -0.1) is 11.3 Å². The van der Waals surface area contributed by atoms with Crippen molar-refractivity contribution in [1.82, 2.24) is 15.0 Å². The highest BCUT2D eigenvalue weighted by Gasteiger charge is 2.18. The molecule has 0 aliphatic heterocycles. The van der Waals surface area contributed by atoms with Crippen LogP contribution in [0.3, 0.4) is 0 Å². The fourth-order valence-electron chi connectivity index (χ4n) is 1.61. The third-order valence-electron chi connectivity index (χ3n) is 2.39. The van der Waals surface area contributed by atoms with Gasteiger partial charge in [-0.2, -0.15) is 0 Å². The molecule has 6 heteroatoms. The summed E-state index contributed by atoms with van der Waals surface area (Å²) in [7, 11) is 0. The van der Waals surface area contributed by atoms with Gasteiger partial charge in [0.15, 0.2) is 0 Å². The third-order valence-corrected chi connectivity index (χ3v) is 4.14. The lowest BCUT2D eigenvalue weighted by molar-refractivity contribution is 0.567. The van der Waals surface area contributed by atoms with Crippen LogP contribution in [0.25, 0.3) is 0 Å². The first-order valence-corrected chi connectivity index (χ1v) is 6.64. The highest BCUT2D eigenvalue weighted by molar-refractivity contribution is 9.10. The number of aromatic nitrogens is 2. The number of rotatable bonds is 4. The zero-order valence-corrected chi connectivity index (χ0v) is 11.3. The zero-order chi connectivity index (χ0) is 11.5. The Morgan fingerprint density at radius 2 is 2.50 bits per heavy atom. The van der Waals surface area contributed by atoms with Gasteiger partial charge >= 0.3 is 0 Å². The summed E-state index contributed by atoms with van der Waals surface area (Å²) < 4.78 is 3.15. The van der Waals surface area contributed by atoms with Crippen molar-refractivity contribution in [3.8, 4) is 0 Å². The van der Waals surface area contributed by atoms with Crippen molar-refractivity contribution in [3.05, 3.63) is 39.0 Å². The van der Waals surface area contributed by atoms with Crippen molar-refractivity contribution in [2.45, 2.75) is 19.5 Å². The molecule has 4 nitrogen and oxygen atoms in total. The molecule has 3 N–H and O–H groups in total. The summed E-state index contributed by atoms with van der Waals surface area (Å²) in [5.41, 5.74) is 2.82. The monoisotopic (exact) mass is 300 g/mol. The number of hydrazine groups is 1. The molecule has 1 atom stereocenters. The fourth-order valence-corrected chi connectivity index (χ4v) is 3.11. The minimum Gasteiger partial charge on any atom is -0.334 e. The summed E-state index contributed by atoms with van der Waals surface area (Å²) in [5.74, 6) is 6.56. The van der Waals surface area contributed by atoms with Crippen LogP contribution in [0.15, 0.2) is 28.3 Å². The van der Waals surface area contributed by atoms with E-state index in [1.165, 1.54) is 0 Å². The van der Waals surface area contributed by atoms with Crippen molar-refractivity contribution in [1.29, 1.82) is 0 Å². The van der Waals surface area contributed by atoms with E-state index in [-0.39, 0.29) is 6.04 Å². The van der Waals surface area contributed by atoms with Crippen molar-refractivity contribution < 1.29 is 0 Å². The lowest BCUT2D eigenvalue weighted by atomic mass is 10.2. The Balaban J connectivity index is 2.36. The molecule has 0 fully saturated rings. The molecule has 0 amide bonds. The highest BCUT2D eigenvalue weighted by Crippen LogP contribution is 2.28. The van der Waals surface area contributed by atoms with Crippen LogP contribution >= 0.6 is 27.3 Å². The Labute approximate surface area is 107 Å². The number of nitrogens with zero attached hydrogens (tertiary/aromatic N) is 2. The predicted molar refractivity (Wildman–Crippen MR) is 69.1 cm³/mol. The quantitative estimate of drug-likeness (QED) is 0.673. The summed E-state index contributed by atoms with van der Waals surface area (Å²) >= 11 is 5.10. The molecular weight excluding hydrogens is 288 g/mol. The minimum atomic E-state index is -0.0498. The van der Waals surface area contributed by atoms with Crippen LogP contribution < -0.4 is 11.3 Å². The molecule has 0 radical (unpaired) electrons. The van der Waals surface area contributed by atoms with E-state index in [1.54, 1.807) is 17.5 Å². The molecule has 0 bridgehead atoms. The molecule has 1 unspecified atom stereocenters. The zero-order valence-electron chi connectivity index (χ0n) is 8.85. The van der Waals surface area contributed by atoms with Gasteiger partial charge in [0.2, 0.25) is 0 Å².